The van der Waals surface area contributed by atoms with Crippen molar-refractivity contribution in [1.82, 2.24) is 19.4 Å². The minimum atomic E-state index is -0.312. The molecule has 0 bridgehead atoms. The van der Waals surface area contributed by atoms with Crippen molar-refractivity contribution in [3.8, 4) is 0 Å². The summed E-state index contributed by atoms with van der Waals surface area (Å²) < 4.78 is 17.1. The van der Waals surface area contributed by atoms with E-state index in [4.69, 9.17) is 0 Å². The lowest BCUT2D eigenvalue weighted by atomic mass is 10.2. The van der Waals surface area contributed by atoms with Crippen molar-refractivity contribution in [3.05, 3.63) is 66.4 Å². The monoisotopic (exact) mass is 336 g/mol. The molecule has 4 aromatic rings. The Morgan fingerprint density at radius 1 is 1.16 bits per heavy atom. The highest BCUT2D eigenvalue weighted by Gasteiger charge is 2.13. The van der Waals surface area contributed by atoms with Crippen LogP contribution in [0.15, 0.2) is 54.9 Å². The summed E-state index contributed by atoms with van der Waals surface area (Å²) in [6.45, 7) is 1.11. The zero-order valence-electron chi connectivity index (χ0n) is 13.7. The summed E-state index contributed by atoms with van der Waals surface area (Å²) in [5, 5.41) is 3.76. The number of carbonyl (C=O) groups is 1. The number of aromatic nitrogens is 3. The first kappa shape index (κ1) is 15.4. The first-order valence-electron chi connectivity index (χ1n) is 8.06. The van der Waals surface area contributed by atoms with Gasteiger partial charge in [-0.05, 0) is 36.4 Å². The van der Waals surface area contributed by atoms with Crippen molar-refractivity contribution < 1.29 is 9.18 Å². The van der Waals surface area contributed by atoms with E-state index < -0.39 is 0 Å². The number of nitrogens with zero attached hydrogens (tertiary/aromatic N) is 3. The molecule has 0 radical (unpaired) electrons. The third kappa shape index (κ3) is 2.76. The summed E-state index contributed by atoms with van der Waals surface area (Å²) in [7, 11) is 1.76. The number of hydrogen-bond donors (Lipinski definition) is 1. The number of fused-ring (bicyclic) bond motifs is 2. The Kier molecular flexibility index (Phi) is 3.72. The number of imidazole rings is 1. The Bertz CT molecular complexity index is 1080. The largest absolute Gasteiger partial charge is 0.349 e. The van der Waals surface area contributed by atoms with E-state index >= 15 is 0 Å². The number of para-hydroxylation sites is 2. The van der Waals surface area contributed by atoms with Crippen LogP contribution in [0.2, 0.25) is 0 Å². The molecule has 0 saturated carbocycles. The van der Waals surface area contributed by atoms with E-state index in [9.17, 15) is 9.18 Å². The van der Waals surface area contributed by atoms with Crippen molar-refractivity contribution in [2.75, 3.05) is 6.54 Å². The van der Waals surface area contributed by atoms with Crippen molar-refractivity contribution in [1.29, 1.82) is 0 Å². The summed E-state index contributed by atoms with van der Waals surface area (Å²) >= 11 is 0. The molecule has 2 heterocycles. The van der Waals surface area contributed by atoms with Gasteiger partial charge in [-0.25, -0.2) is 9.37 Å². The van der Waals surface area contributed by atoms with Crippen LogP contribution >= 0.6 is 0 Å². The predicted octanol–water partition coefficient (Wildman–Crippen LogP) is 3.10. The van der Waals surface area contributed by atoms with Gasteiger partial charge in [0.25, 0.3) is 5.91 Å². The summed E-state index contributed by atoms with van der Waals surface area (Å²) in [5.74, 6) is -0.490. The van der Waals surface area contributed by atoms with Crippen LogP contribution in [0.3, 0.4) is 0 Å². The maximum Gasteiger partial charge on any atom is 0.267 e. The second-order valence-electron chi connectivity index (χ2n) is 5.97. The Morgan fingerprint density at radius 2 is 2.00 bits per heavy atom. The standard InChI is InChI=1S/C19H17FN4O/c1-23-17-11-14(20)7-6-13(17)10-18(23)19(25)21-8-9-24-12-22-15-4-2-3-5-16(15)24/h2-7,10-12H,8-9H2,1H3,(H,21,25). The average molecular weight is 336 g/mol. The highest BCUT2D eigenvalue weighted by atomic mass is 19.1. The molecule has 2 aromatic carbocycles. The van der Waals surface area contributed by atoms with Gasteiger partial charge >= 0.3 is 0 Å². The van der Waals surface area contributed by atoms with Gasteiger partial charge < -0.3 is 14.5 Å². The van der Waals surface area contributed by atoms with Crippen molar-refractivity contribution in [3.63, 3.8) is 0 Å². The number of halogens is 1. The average Bonchev–Trinajstić information content (AvgIpc) is 3.17. The molecule has 5 nitrogen and oxygen atoms in total. The molecule has 0 spiro atoms. The Balaban J connectivity index is 1.48. The molecular weight excluding hydrogens is 319 g/mol. The number of rotatable bonds is 4. The lowest BCUT2D eigenvalue weighted by Crippen LogP contribution is -2.28. The minimum absolute atomic E-state index is 0.177. The van der Waals surface area contributed by atoms with Crippen LogP contribution in [0, 0.1) is 5.82 Å². The van der Waals surface area contributed by atoms with E-state index in [1.807, 2.05) is 28.8 Å². The summed E-state index contributed by atoms with van der Waals surface area (Å²) in [6, 6.07) is 14.2. The van der Waals surface area contributed by atoms with Gasteiger partial charge in [0.05, 0.1) is 22.9 Å². The predicted molar refractivity (Wildman–Crippen MR) is 94.9 cm³/mol. The quantitative estimate of drug-likeness (QED) is 0.623. The Morgan fingerprint density at radius 3 is 2.88 bits per heavy atom. The third-order valence-electron chi connectivity index (χ3n) is 4.41. The van der Waals surface area contributed by atoms with E-state index in [2.05, 4.69) is 10.3 Å². The fraction of sp³-hybridized carbons (Fsp3) is 0.158. The van der Waals surface area contributed by atoms with E-state index in [0.29, 0.717) is 24.3 Å². The van der Waals surface area contributed by atoms with E-state index in [1.165, 1.54) is 12.1 Å². The molecule has 6 heteroatoms. The lowest BCUT2D eigenvalue weighted by molar-refractivity contribution is 0.0944. The number of amides is 1. The molecule has 1 N–H and O–H groups in total. The molecule has 1 amide bonds. The molecule has 0 aliphatic rings. The smallest absolute Gasteiger partial charge is 0.267 e. The van der Waals surface area contributed by atoms with Gasteiger partial charge in [0, 0.05) is 25.5 Å². The number of hydrogen-bond acceptors (Lipinski definition) is 2. The summed E-state index contributed by atoms with van der Waals surface area (Å²) in [6.07, 6.45) is 1.77. The molecule has 2 aromatic heterocycles. The summed E-state index contributed by atoms with van der Waals surface area (Å²) in [5.41, 5.74) is 3.18. The fourth-order valence-corrected chi connectivity index (χ4v) is 3.09. The number of nitrogens with one attached hydrogen (secondary N) is 1. The normalized spacial score (nSPS) is 11.3. The van der Waals surface area contributed by atoms with Gasteiger partial charge in [0.15, 0.2) is 0 Å². The molecule has 0 aliphatic carbocycles. The van der Waals surface area contributed by atoms with Gasteiger partial charge in [-0.2, -0.15) is 0 Å². The third-order valence-corrected chi connectivity index (χ3v) is 4.41. The molecule has 0 unspecified atom stereocenters. The number of aryl methyl sites for hydroxylation is 1. The highest BCUT2D eigenvalue weighted by Crippen LogP contribution is 2.19. The van der Waals surface area contributed by atoms with Crippen LogP contribution in [0.5, 0.6) is 0 Å². The zero-order chi connectivity index (χ0) is 17.4. The molecule has 0 fully saturated rings. The minimum Gasteiger partial charge on any atom is -0.349 e. The van der Waals surface area contributed by atoms with Crippen LogP contribution in [-0.4, -0.2) is 26.6 Å². The Hall–Kier alpha value is -3.15. The summed E-state index contributed by atoms with van der Waals surface area (Å²) in [4.78, 5) is 16.8. The first-order valence-corrected chi connectivity index (χ1v) is 8.06. The van der Waals surface area contributed by atoms with Crippen LogP contribution in [-0.2, 0) is 13.6 Å². The maximum absolute atomic E-state index is 13.4. The van der Waals surface area contributed by atoms with Crippen LogP contribution < -0.4 is 5.32 Å². The molecule has 0 saturated heterocycles. The Labute approximate surface area is 143 Å². The van der Waals surface area contributed by atoms with Crippen LogP contribution in [0.1, 0.15) is 10.5 Å². The second-order valence-corrected chi connectivity index (χ2v) is 5.97. The van der Waals surface area contributed by atoms with Crippen molar-refractivity contribution in [2.24, 2.45) is 7.05 Å². The molecule has 25 heavy (non-hydrogen) atoms. The zero-order valence-corrected chi connectivity index (χ0v) is 13.7. The topological polar surface area (TPSA) is 51.9 Å². The molecule has 0 atom stereocenters. The van der Waals surface area contributed by atoms with Gasteiger partial charge in [0.1, 0.15) is 11.5 Å². The van der Waals surface area contributed by atoms with Crippen LogP contribution in [0.25, 0.3) is 21.9 Å². The number of carbonyl (C=O) groups excluding carboxylic acids is 1. The van der Waals surface area contributed by atoms with E-state index in [-0.39, 0.29) is 11.7 Å². The van der Waals surface area contributed by atoms with E-state index in [0.717, 1.165) is 16.4 Å². The SMILES string of the molecule is Cn1c(C(=O)NCCn2cnc3ccccc32)cc2ccc(F)cc21. The van der Waals surface area contributed by atoms with Crippen molar-refractivity contribution in [2.45, 2.75) is 6.54 Å². The molecular formula is C19H17FN4O. The van der Waals surface area contributed by atoms with Gasteiger partial charge in [0.2, 0.25) is 0 Å². The second kappa shape index (κ2) is 6.05. The van der Waals surface area contributed by atoms with E-state index in [1.54, 1.807) is 30.1 Å². The van der Waals surface area contributed by atoms with Gasteiger partial charge in [-0.3, -0.25) is 4.79 Å². The lowest BCUT2D eigenvalue weighted by Gasteiger charge is -2.08. The molecule has 4 rings (SSSR count). The highest BCUT2D eigenvalue weighted by molar-refractivity contribution is 5.98. The number of benzene rings is 2. The van der Waals surface area contributed by atoms with Gasteiger partial charge in [-0.15, -0.1) is 0 Å². The molecule has 126 valence electrons. The van der Waals surface area contributed by atoms with Crippen molar-refractivity contribution >= 4 is 27.8 Å². The first-order chi connectivity index (χ1) is 12.1. The van der Waals surface area contributed by atoms with Crippen LogP contribution in [0.4, 0.5) is 4.39 Å². The van der Waals surface area contributed by atoms with Gasteiger partial charge in [-0.1, -0.05) is 12.1 Å². The fourth-order valence-electron chi connectivity index (χ4n) is 3.09. The maximum atomic E-state index is 13.4. The molecule has 0 aliphatic heterocycles.